The number of nitrogens with zero attached hydrogens (tertiary/aromatic N) is 1. The number of alkyl halides is 3. The predicted molar refractivity (Wildman–Crippen MR) is 145 cm³/mol. The summed E-state index contributed by atoms with van der Waals surface area (Å²) in [5.41, 5.74) is -1.99. The van der Waals surface area contributed by atoms with E-state index < -0.39 is 66.6 Å². The van der Waals surface area contributed by atoms with Crippen LogP contribution in [0.25, 0.3) is 0 Å². The number of amides is 1. The molecule has 1 aliphatic heterocycles. The quantitative estimate of drug-likeness (QED) is 0.392. The van der Waals surface area contributed by atoms with Gasteiger partial charge in [0, 0.05) is 5.69 Å². The van der Waals surface area contributed by atoms with E-state index in [0.717, 1.165) is 22.5 Å². The number of rotatable bonds is 6. The molecule has 41 heavy (non-hydrogen) atoms. The van der Waals surface area contributed by atoms with Gasteiger partial charge >= 0.3 is 12.3 Å². The van der Waals surface area contributed by atoms with Gasteiger partial charge in [-0.3, -0.25) is 9.62 Å². The molecule has 0 unspecified atom stereocenters. The van der Waals surface area contributed by atoms with E-state index in [4.69, 9.17) is 9.47 Å². The second kappa shape index (κ2) is 10.9. The molecule has 0 bridgehead atoms. The third kappa shape index (κ3) is 7.11. The van der Waals surface area contributed by atoms with Crippen LogP contribution in [0.2, 0.25) is 0 Å². The Morgan fingerprint density at radius 3 is 2.24 bits per heavy atom. The van der Waals surface area contributed by atoms with Crippen molar-refractivity contribution in [2.45, 2.75) is 48.4 Å². The van der Waals surface area contributed by atoms with Crippen molar-refractivity contribution in [3.63, 3.8) is 0 Å². The van der Waals surface area contributed by atoms with Crippen LogP contribution in [0, 0.1) is 0 Å². The molecular formula is C27H27F3N2O7S2. The lowest BCUT2D eigenvalue weighted by Crippen LogP contribution is -2.46. The summed E-state index contributed by atoms with van der Waals surface area (Å²) in [6.07, 6.45) is -6.84. The van der Waals surface area contributed by atoms with Crippen molar-refractivity contribution in [3.05, 3.63) is 78.4 Å². The largest absolute Gasteiger partial charge is 0.485 e. The highest BCUT2D eigenvalue weighted by atomic mass is 32.2. The van der Waals surface area contributed by atoms with Crippen molar-refractivity contribution in [1.29, 1.82) is 0 Å². The second-order valence-corrected chi connectivity index (χ2v) is 14.1. The summed E-state index contributed by atoms with van der Waals surface area (Å²) in [5, 5.41) is 2.48. The van der Waals surface area contributed by atoms with Crippen molar-refractivity contribution in [1.82, 2.24) is 0 Å². The van der Waals surface area contributed by atoms with Gasteiger partial charge in [0.2, 0.25) is 0 Å². The zero-order valence-corrected chi connectivity index (χ0v) is 23.8. The summed E-state index contributed by atoms with van der Waals surface area (Å²) in [4.78, 5) is 11.6. The molecule has 3 aromatic carbocycles. The Morgan fingerprint density at radius 1 is 0.951 bits per heavy atom. The lowest BCUT2D eigenvalue weighted by Gasteiger charge is -2.35. The van der Waals surface area contributed by atoms with E-state index in [-0.39, 0.29) is 22.0 Å². The van der Waals surface area contributed by atoms with E-state index in [1.807, 2.05) is 0 Å². The third-order valence-electron chi connectivity index (χ3n) is 5.79. The van der Waals surface area contributed by atoms with E-state index in [0.29, 0.717) is 6.07 Å². The van der Waals surface area contributed by atoms with Crippen LogP contribution in [0.4, 0.5) is 29.3 Å². The highest BCUT2D eigenvalue weighted by molar-refractivity contribution is 7.93. The number of halogens is 3. The molecule has 0 saturated heterocycles. The van der Waals surface area contributed by atoms with Crippen LogP contribution in [0.1, 0.15) is 26.3 Å². The molecule has 0 aromatic heterocycles. The van der Waals surface area contributed by atoms with E-state index in [1.165, 1.54) is 42.5 Å². The number of carbonyl (C=O) groups excluding carboxylic acids is 1. The van der Waals surface area contributed by atoms with Gasteiger partial charge in [-0.25, -0.2) is 21.6 Å². The summed E-state index contributed by atoms with van der Waals surface area (Å²) in [6.45, 7) is 4.42. The molecule has 0 fully saturated rings. The fourth-order valence-electron chi connectivity index (χ4n) is 4.05. The van der Waals surface area contributed by atoms with Crippen LogP contribution < -0.4 is 14.4 Å². The lowest BCUT2D eigenvalue weighted by atomic mass is 10.2. The highest BCUT2D eigenvalue weighted by Gasteiger charge is 2.38. The Hall–Kier alpha value is -3.78. The zero-order chi connectivity index (χ0) is 30.2. The van der Waals surface area contributed by atoms with Gasteiger partial charge in [0.1, 0.15) is 17.5 Å². The van der Waals surface area contributed by atoms with Crippen molar-refractivity contribution < 1.29 is 44.3 Å². The molecular weight excluding hydrogens is 585 g/mol. The number of sulfone groups is 1. The summed E-state index contributed by atoms with van der Waals surface area (Å²) < 4.78 is 106. The topological polar surface area (TPSA) is 119 Å². The first kappa shape index (κ1) is 30.2. The van der Waals surface area contributed by atoms with E-state index in [2.05, 4.69) is 5.32 Å². The first-order valence-electron chi connectivity index (χ1n) is 12.2. The number of carbonyl (C=O) groups is 1. The molecule has 1 amide bonds. The van der Waals surface area contributed by atoms with Crippen LogP contribution in [-0.2, 0) is 30.8 Å². The fraction of sp³-hybridized carbons (Fsp3) is 0.296. The molecule has 1 atom stereocenters. The number of sulfonamides is 1. The smallest absolute Gasteiger partial charge is 0.416 e. The molecule has 0 aliphatic carbocycles. The average molecular weight is 613 g/mol. The Balaban J connectivity index is 1.75. The molecule has 14 heteroatoms. The first-order chi connectivity index (χ1) is 19.0. The lowest BCUT2D eigenvalue weighted by molar-refractivity contribution is -0.137. The Bertz CT molecular complexity index is 1650. The maximum absolute atomic E-state index is 13.8. The van der Waals surface area contributed by atoms with Crippen LogP contribution in [0.3, 0.4) is 0 Å². The van der Waals surface area contributed by atoms with Gasteiger partial charge in [0.05, 0.1) is 33.3 Å². The number of ether oxygens (including phenoxy) is 2. The van der Waals surface area contributed by atoms with Gasteiger partial charge in [0.15, 0.2) is 9.84 Å². The summed E-state index contributed by atoms with van der Waals surface area (Å²) in [5.74, 6) is -0.655. The van der Waals surface area contributed by atoms with Gasteiger partial charge < -0.3 is 9.47 Å². The van der Waals surface area contributed by atoms with Crippen LogP contribution in [0.5, 0.6) is 5.75 Å². The molecule has 1 heterocycles. The standard InChI is InChI=1S/C27H27F3N2O7S2/c1-26(2,3)39-25(33)31-19-12-13-24-23(15-19)32(41(36,37)22-11-7-8-18(14-22)27(28,29)30)16-20(38-24)17-40(34,35)21-9-5-4-6-10-21/h4-15,20H,16-17H2,1-3H3,(H,31,33)/t20-/m1/s1. The Morgan fingerprint density at radius 2 is 1.61 bits per heavy atom. The minimum Gasteiger partial charge on any atom is -0.485 e. The number of benzene rings is 3. The Kier molecular flexibility index (Phi) is 8.02. The molecule has 0 radical (unpaired) electrons. The van der Waals surface area contributed by atoms with Gasteiger partial charge in [-0.05, 0) is 69.3 Å². The minimum atomic E-state index is -4.80. The van der Waals surface area contributed by atoms with E-state index in [1.54, 1.807) is 26.8 Å². The monoisotopic (exact) mass is 612 g/mol. The van der Waals surface area contributed by atoms with Gasteiger partial charge in [0.25, 0.3) is 10.0 Å². The third-order valence-corrected chi connectivity index (χ3v) is 9.37. The number of fused-ring (bicyclic) bond motifs is 1. The van der Waals surface area contributed by atoms with E-state index >= 15 is 0 Å². The molecule has 0 spiro atoms. The van der Waals surface area contributed by atoms with Crippen LogP contribution in [0.15, 0.2) is 82.6 Å². The van der Waals surface area contributed by atoms with Crippen LogP contribution >= 0.6 is 0 Å². The predicted octanol–water partition coefficient (Wildman–Crippen LogP) is 5.48. The molecule has 220 valence electrons. The van der Waals surface area contributed by atoms with Gasteiger partial charge in [-0.2, -0.15) is 13.2 Å². The normalized spacial score (nSPS) is 16.0. The van der Waals surface area contributed by atoms with Crippen LogP contribution in [-0.4, -0.2) is 46.9 Å². The number of hydrogen-bond acceptors (Lipinski definition) is 7. The number of anilines is 2. The first-order valence-corrected chi connectivity index (χ1v) is 15.3. The van der Waals surface area contributed by atoms with Crippen molar-refractivity contribution in [2.24, 2.45) is 0 Å². The summed E-state index contributed by atoms with van der Waals surface area (Å²) in [7, 11) is -8.60. The number of hydrogen-bond donors (Lipinski definition) is 1. The Labute approximate surface area is 235 Å². The van der Waals surface area contributed by atoms with Crippen molar-refractivity contribution in [2.75, 3.05) is 21.9 Å². The molecule has 1 N–H and O–H groups in total. The zero-order valence-electron chi connectivity index (χ0n) is 22.2. The fourth-order valence-corrected chi connectivity index (χ4v) is 7.03. The molecule has 4 rings (SSSR count). The summed E-state index contributed by atoms with van der Waals surface area (Å²) in [6, 6.07) is 14.7. The molecule has 3 aromatic rings. The van der Waals surface area contributed by atoms with Gasteiger partial charge in [-0.15, -0.1) is 0 Å². The second-order valence-electron chi connectivity index (χ2n) is 10.2. The maximum Gasteiger partial charge on any atom is 0.416 e. The van der Waals surface area contributed by atoms with Crippen molar-refractivity contribution in [3.8, 4) is 5.75 Å². The minimum absolute atomic E-state index is 0.00130. The van der Waals surface area contributed by atoms with Crippen molar-refractivity contribution >= 4 is 37.3 Å². The van der Waals surface area contributed by atoms with E-state index in [9.17, 15) is 34.8 Å². The SMILES string of the molecule is CC(C)(C)OC(=O)Nc1ccc2c(c1)N(S(=O)(=O)c1cccc(C(F)(F)F)c1)C[C@H](CS(=O)(=O)c1ccccc1)O2. The molecule has 9 nitrogen and oxygen atoms in total. The molecule has 0 saturated carbocycles. The van der Waals surface area contributed by atoms with Gasteiger partial charge in [-0.1, -0.05) is 24.3 Å². The number of nitrogens with one attached hydrogen (secondary N) is 1. The highest BCUT2D eigenvalue weighted by Crippen LogP contribution is 2.40. The maximum atomic E-state index is 13.8. The summed E-state index contributed by atoms with van der Waals surface area (Å²) >= 11 is 0. The average Bonchev–Trinajstić information content (AvgIpc) is 2.87. The molecule has 1 aliphatic rings.